The fraction of sp³-hybridized carbons (Fsp3) is 0.357. The van der Waals surface area contributed by atoms with Crippen LogP contribution in [0.15, 0.2) is 12.1 Å². The van der Waals surface area contributed by atoms with Gasteiger partial charge < -0.3 is 14.5 Å². The molecule has 0 radical (unpaired) electrons. The molecule has 0 fully saturated rings. The number of thiophene rings is 1. The molecule has 1 heterocycles. The van der Waals surface area contributed by atoms with Crippen LogP contribution < -0.4 is 4.74 Å². The van der Waals surface area contributed by atoms with Gasteiger partial charge in [-0.05, 0) is 42.0 Å². The second kappa shape index (κ2) is 5.89. The maximum absolute atomic E-state index is 11.9. The van der Waals surface area contributed by atoms with E-state index in [1.165, 1.54) is 11.3 Å². The molecule has 1 aromatic carbocycles. The number of carbonyl (C=O) groups is 1. The molecule has 2 rings (SSSR count). The Hall–Kier alpha value is -1.20. The van der Waals surface area contributed by atoms with E-state index in [-0.39, 0.29) is 0 Å². The Labute approximate surface area is 126 Å². The average Bonchev–Trinajstić information content (AvgIpc) is 2.81. The summed E-state index contributed by atoms with van der Waals surface area (Å²) in [7, 11) is -2.74. The van der Waals surface area contributed by atoms with Gasteiger partial charge in [-0.1, -0.05) is 6.92 Å². The third kappa shape index (κ3) is 3.35. The molecule has 0 atom stereocenters. The van der Waals surface area contributed by atoms with Crippen molar-refractivity contribution in [2.45, 2.75) is 20.3 Å². The molecule has 114 valence electrons. The lowest BCUT2D eigenvalue weighted by Gasteiger charge is -2.10. The van der Waals surface area contributed by atoms with E-state index in [1.54, 1.807) is 13.2 Å². The normalized spacial score (nSPS) is 11.9. The van der Waals surface area contributed by atoms with Crippen molar-refractivity contribution in [3.05, 3.63) is 28.1 Å². The zero-order valence-corrected chi connectivity index (χ0v) is 13.8. The van der Waals surface area contributed by atoms with Gasteiger partial charge in [0.2, 0.25) is 0 Å². The highest BCUT2D eigenvalue weighted by molar-refractivity contribution is 7.53. The minimum atomic E-state index is -4.34. The van der Waals surface area contributed by atoms with Gasteiger partial charge in [0.05, 0.1) is 12.0 Å². The van der Waals surface area contributed by atoms with Crippen LogP contribution in [0.2, 0.25) is 0 Å². The van der Waals surface area contributed by atoms with Gasteiger partial charge in [-0.3, -0.25) is 9.36 Å². The molecule has 2 N–H and O–H groups in total. The van der Waals surface area contributed by atoms with Gasteiger partial charge in [-0.15, -0.1) is 11.3 Å². The van der Waals surface area contributed by atoms with Gasteiger partial charge >= 0.3 is 7.60 Å². The Morgan fingerprint density at radius 2 is 2.05 bits per heavy atom. The van der Waals surface area contributed by atoms with Crippen molar-refractivity contribution in [3.63, 3.8) is 0 Å². The fourth-order valence-corrected chi connectivity index (χ4v) is 4.12. The molecule has 0 amide bonds. The molecule has 5 nitrogen and oxygen atoms in total. The van der Waals surface area contributed by atoms with Gasteiger partial charge in [-0.2, -0.15) is 0 Å². The van der Waals surface area contributed by atoms with Crippen LogP contribution in [0.25, 0.3) is 10.1 Å². The first-order chi connectivity index (χ1) is 9.76. The number of hydrogen-bond donors (Lipinski definition) is 2. The molecule has 0 aliphatic rings. The number of carbonyl (C=O) groups excluding carboxylic acids is 1. The Bertz CT molecular complexity index is 743. The average molecular weight is 328 g/mol. The van der Waals surface area contributed by atoms with Crippen LogP contribution in [-0.2, 0) is 11.0 Å². The second-order valence-corrected chi connectivity index (χ2v) is 7.53. The smallest absolute Gasteiger partial charge is 0.333 e. The van der Waals surface area contributed by atoms with E-state index in [0.29, 0.717) is 4.88 Å². The summed E-state index contributed by atoms with van der Waals surface area (Å²) < 4.78 is 17.2. The third-order valence-corrected chi connectivity index (χ3v) is 5.20. The standard InChI is InChI=1S/C14H17O5PS/c1-4-9-8(2)10-5-14(11(15)7-20(16,17)18)21-13(10)6-12(9)19-3/h5-6H,4,7H2,1-3H3,(H2,16,17,18). The van der Waals surface area contributed by atoms with Gasteiger partial charge in [0.25, 0.3) is 0 Å². The molecule has 2 aromatic rings. The Kier molecular flexibility index (Phi) is 4.54. The van der Waals surface area contributed by atoms with Crippen LogP contribution in [-0.4, -0.2) is 28.8 Å². The molecular weight excluding hydrogens is 311 g/mol. The minimum absolute atomic E-state index is 0.367. The molecule has 0 unspecified atom stereocenters. The number of aryl methyl sites for hydroxylation is 1. The SMILES string of the molecule is CCc1c(OC)cc2sc(C(=O)CP(=O)(O)O)cc2c1C. The van der Waals surface area contributed by atoms with Crippen LogP contribution in [0.4, 0.5) is 0 Å². The number of fused-ring (bicyclic) bond motifs is 1. The summed E-state index contributed by atoms with van der Waals surface area (Å²) in [6, 6.07) is 3.59. The quantitative estimate of drug-likeness (QED) is 0.651. The number of ketones is 1. The van der Waals surface area contributed by atoms with E-state index >= 15 is 0 Å². The third-order valence-electron chi connectivity index (χ3n) is 3.37. The molecule has 7 heteroatoms. The maximum Gasteiger partial charge on any atom is 0.333 e. The lowest BCUT2D eigenvalue weighted by Crippen LogP contribution is -2.03. The van der Waals surface area contributed by atoms with E-state index in [2.05, 4.69) is 0 Å². The van der Waals surface area contributed by atoms with Crippen LogP contribution in [0.3, 0.4) is 0 Å². The zero-order valence-electron chi connectivity index (χ0n) is 12.0. The van der Waals surface area contributed by atoms with E-state index in [9.17, 15) is 9.36 Å². The van der Waals surface area contributed by atoms with Gasteiger partial charge in [0.15, 0.2) is 5.78 Å². The maximum atomic E-state index is 11.9. The number of methoxy groups -OCH3 is 1. The zero-order chi connectivity index (χ0) is 15.8. The van der Waals surface area contributed by atoms with Gasteiger partial charge in [-0.25, -0.2) is 0 Å². The van der Waals surface area contributed by atoms with Crippen molar-refractivity contribution in [1.82, 2.24) is 0 Å². The Morgan fingerprint density at radius 3 is 2.57 bits per heavy atom. The van der Waals surface area contributed by atoms with Crippen molar-refractivity contribution in [2.24, 2.45) is 0 Å². The summed E-state index contributed by atoms with van der Waals surface area (Å²) in [6.45, 7) is 4.00. The van der Waals surface area contributed by atoms with Crippen LogP contribution in [0.1, 0.15) is 27.7 Å². The molecule has 0 aliphatic carbocycles. The highest BCUT2D eigenvalue weighted by Gasteiger charge is 2.22. The van der Waals surface area contributed by atoms with Crippen LogP contribution in [0.5, 0.6) is 5.75 Å². The van der Waals surface area contributed by atoms with Crippen LogP contribution in [0, 0.1) is 6.92 Å². The largest absolute Gasteiger partial charge is 0.496 e. The van der Waals surface area contributed by atoms with Gasteiger partial charge in [0.1, 0.15) is 11.9 Å². The molecule has 0 spiro atoms. The molecule has 0 aliphatic heterocycles. The summed E-state index contributed by atoms with van der Waals surface area (Å²) in [5.74, 6) is 0.249. The van der Waals surface area contributed by atoms with E-state index in [1.807, 2.05) is 19.9 Å². The number of benzene rings is 1. The van der Waals surface area contributed by atoms with E-state index in [0.717, 1.165) is 33.4 Å². The highest BCUT2D eigenvalue weighted by Crippen LogP contribution is 2.39. The van der Waals surface area contributed by atoms with Crippen molar-refractivity contribution in [1.29, 1.82) is 0 Å². The Balaban J connectivity index is 2.54. The molecule has 0 saturated heterocycles. The summed E-state index contributed by atoms with van der Waals surface area (Å²) in [6.07, 6.45) is 0.0587. The van der Waals surface area contributed by atoms with E-state index < -0.39 is 19.5 Å². The van der Waals surface area contributed by atoms with Crippen molar-refractivity contribution in [3.8, 4) is 5.75 Å². The summed E-state index contributed by atoms with van der Waals surface area (Å²) in [5, 5.41) is 0.937. The number of hydrogen-bond acceptors (Lipinski definition) is 4. The number of Topliss-reactive ketones (excluding diaryl/α,β-unsaturated/α-hetero) is 1. The molecule has 0 bridgehead atoms. The first-order valence-electron chi connectivity index (χ1n) is 6.44. The molecular formula is C14H17O5PS. The van der Waals surface area contributed by atoms with Crippen molar-refractivity contribution >= 4 is 34.8 Å². The second-order valence-electron chi connectivity index (χ2n) is 4.80. The van der Waals surface area contributed by atoms with Crippen molar-refractivity contribution in [2.75, 3.05) is 13.3 Å². The predicted octanol–water partition coefficient (Wildman–Crippen LogP) is 3.14. The molecule has 21 heavy (non-hydrogen) atoms. The number of ether oxygens (including phenoxy) is 1. The lowest BCUT2D eigenvalue weighted by atomic mass is 10.0. The molecule has 1 aromatic heterocycles. The first-order valence-corrected chi connectivity index (χ1v) is 9.06. The summed E-state index contributed by atoms with van der Waals surface area (Å²) in [4.78, 5) is 30.1. The number of rotatable bonds is 5. The van der Waals surface area contributed by atoms with Crippen molar-refractivity contribution < 1.29 is 23.9 Å². The topological polar surface area (TPSA) is 83.8 Å². The predicted molar refractivity (Wildman–Crippen MR) is 83.7 cm³/mol. The van der Waals surface area contributed by atoms with Crippen LogP contribution >= 0.6 is 18.9 Å². The van der Waals surface area contributed by atoms with Gasteiger partial charge in [0, 0.05) is 4.70 Å². The monoisotopic (exact) mass is 328 g/mol. The van der Waals surface area contributed by atoms with E-state index in [4.69, 9.17) is 14.5 Å². The summed E-state index contributed by atoms with van der Waals surface area (Å²) in [5.41, 5.74) is 2.12. The Morgan fingerprint density at radius 1 is 1.38 bits per heavy atom. The fourth-order valence-electron chi connectivity index (χ4n) is 2.38. The summed E-state index contributed by atoms with van der Waals surface area (Å²) >= 11 is 1.24. The lowest BCUT2D eigenvalue weighted by molar-refractivity contribution is 0.101. The highest BCUT2D eigenvalue weighted by atomic mass is 32.1. The minimum Gasteiger partial charge on any atom is -0.496 e. The first kappa shape index (κ1) is 16.2. The molecule has 0 saturated carbocycles.